The maximum Gasteiger partial charge on any atom is 0.136 e. The third-order valence-electron chi connectivity index (χ3n) is 5.18. The molecule has 5 nitrogen and oxygen atoms in total. The molecule has 1 aliphatic heterocycles. The molecule has 0 saturated carbocycles. The molecule has 0 aliphatic carbocycles. The predicted octanol–water partition coefficient (Wildman–Crippen LogP) is 4.40. The van der Waals surface area contributed by atoms with Crippen LogP contribution < -0.4 is 10.6 Å². The molecule has 0 radical (unpaired) electrons. The van der Waals surface area contributed by atoms with E-state index in [9.17, 15) is 4.39 Å². The number of allylic oxidation sites excluding steroid dienone is 2. The van der Waals surface area contributed by atoms with Crippen LogP contribution in [0, 0.1) is 5.92 Å². The molecule has 0 spiro atoms. The van der Waals surface area contributed by atoms with Gasteiger partial charge in [-0.25, -0.2) is 4.39 Å². The van der Waals surface area contributed by atoms with E-state index in [0.29, 0.717) is 19.0 Å². The topological polar surface area (TPSA) is 48.9 Å². The summed E-state index contributed by atoms with van der Waals surface area (Å²) in [4.78, 5) is 7.78. The minimum Gasteiger partial charge on any atom is -0.389 e. The molecule has 1 rings (SSSR count). The summed E-state index contributed by atoms with van der Waals surface area (Å²) in [6.07, 6.45) is 9.27. The van der Waals surface area contributed by atoms with Crippen LogP contribution in [0.25, 0.3) is 0 Å². The zero-order valence-electron chi connectivity index (χ0n) is 20.1. The van der Waals surface area contributed by atoms with Gasteiger partial charge in [0.2, 0.25) is 0 Å². The summed E-state index contributed by atoms with van der Waals surface area (Å²) in [5.74, 6) is 0.547. The summed E-state index contributed by atoms with van der Waals surface area (Å²) in [5, 5.41) is 8.52. The molecule has 2 N–H and O–H groups in total. The first-order chi connectivity index (χ1) is 15.1. The monoisotopic (exact) mass is 454 g/mol. The smallest absolute Gasteiger partial charge is 0.136 e. The first-order valence-corrected chi connectivity index (χ1v) is 12.4. The number of nitrogens with one attached hydrogen (secondary N) is 2. The third-order valence-corrected chi connectivity index (χ3v) is 6.10. The van der Waals surface area contributed by atoms with E-state index in [1.807, 2.05) is 50.9 Å². The SMILES string of the molecule is C/C=C\C(S/C=C/NCC(/C=N\C)N(CCC)CCC(C)COCC)=C1/CNCC1F. The lowest BCUT2D eigenvalue weighted by Gasteiger charge is -2.30. The number of hydrogen-bond donors (Lipinski definition) is 2. The molecule has 0 bridgehead atoms. The Kier molecular flexibility index (Phi) is 15.7. The number of halogens is 1. The van der Waals surface area contributed by atoms with E-state index in [0.717, 1.165) is 56.2 Å². The van der Waals surface area contributed by atoms with Gasteiger partial charge in [0.1, 0.15) is 6.17 Å². The fourth-order valence-corrected chi connectivity index (χ4v) is 4.37. The summed E-state index contributed by atoms with van der Waals surface area (Å²) in [5.41, 5.74) is 0.846. The Labute approximate surface area is 193 Å². The van der Waals surface area contributed by atoms with E-state index in [-0.39, 0.29) is 6.04 Å². The van der Waals surface area contributed by atoms with Gasteiger partial charge in [-0.15, -0.1) is 0 Å². The zero-order chi connectivity index (χ0) is 22.9. The maximum absolute atomic E-state index is 14.1. The van der Waals surface area contributed by atoms with Crippen molar-refractivity contribution in [2.75, 3.05) is 53.0 Å². The van der Waals surface area contributed by atoms with Crippen LogP contribution >= 0.6 is 11.8 Å². The van der Waals surface area contributed by atoms with Crippen LogP contribution in [-0.2, 0) is 4.74 Å². The second-order valence-electron chi connectivity index (χ2n) is 7.88. The summed E-state index contributed by atoms with van der Waals surface area (Å²) in [7, 11) is 1.83. The van der Waals surface area contributed by atoms with E-state index < -0.39 is 6.17 Å². The molecule has 178 valence electrons. The van der Waals surface area contributed by atoms with Crippen molar-refractivity contribution in [3.05, 3.63) is 34.2 Å². The molecule has 0 amide bonds. The van der Waals surface area contributed by atoms with E-state index >= 15 is 0 Å². The Hall–Kier alpha value is -1.15. The molecular weight excluding hydrogens is 411 g/mol. The summed E-state index contributed by atoms with van der Waals surface area (Å²) < 4.78 is 19.6. The van der Waals surface area contributed by atoms with E-state index in [1.54, 1.807) is 11.8 Å². The van der Waals surface area contributed by atoms with Crippen molar-refractivity contribution in [2.45, 2.75) is 52.8 Å². The molecule has 3 atom stereocenters. The fourth-order valence-electron chi connectivity index (χ4n) is 3.49. The van der Waals surface area contributed by atoms with E-state index in [4.69, 9.17) is 4.74 Å². The van der Waals surface area contributed by atoms with Crippen LogP contribution in [0.4, 0.5) is 4.39 Å². The van der Waals surface area contributed by atoms with Crippen LogP contribution in [0.2, 0.25) is 0 Å². The molecule has 0 aromatic heterocycles. The lowest BCUT2D eigenvalue weighted by Crippen LogP contribution is -2.44. The highest BCUT2D eigenvalue weighted by Gasteiger charge is 2.22. The molecule has 7 heteroatoms. The van der Waals surface area contributed by atoms with Gasteiger partial charge in [-0.05, 0) is 56.7 Å². The highest BCUT2D eigenvalue weighted by Crippen LogP contribution is 2.27. The minimum absolute atomic E-state index is 0.238. The Morgan fingerprint density at radius 3 is 2.84 bits per heavy atom. The number of thioether (sulfide) groups is 1. The van der Waals surface area contributed by atoms with Crippen molar-refractivity contribution in [1.82, 2.24) is 15.5 Å². The van der Waals surface area contributed by atoms with E-state index in [2.05, 4.69) is 34.4 Å². The number of alkyl halides is 1. The third kappa shape index (κ3) is 11.3. The standard InChI is InChI=1S/C24H43FN4OS/c1-6-9-24(22-17-28-18-23(22)25)31-14-11-27-16-21(15-26-5)29(12-7-2)13-10-20(4)19-30-8-3/h6,9,11,14-15,20-21,23,27-28H,7-8,10,12-13,16-19H2,1-5H3/b9-6-,14-11+,24-22-,26-15-. The van der Waals surface area contributed by atoms with E-state index in [1.165, 1.54) is 0 Å². The summed E-state index contributed by atoms with van der Waals surface area (Å²) in [6.45, 7) is 14.0. The van der Waals surface area contributed by atoms with Crippen LogP contribution in [-0.4, -0.2) is 76.3 Å². The molecule has 1 fully saturated rings. The normalized spacial score (nSPS) is 21.1. The average molecular weight is 455 g/mol. The van der Waals surface area contributed by atoms with Crippen molar-refractivity contribution in [2.24, 2.45) is 10.9 Å². The molecule has 1 saturated heterocycles. The second-order valence-corrected chi connectivity index (χ2v) is 8.83. The second kappa shape index (κ2) is 17.4. The summed E-state index contributed by atoms with van der Waals surface area (Å²) in [6, 6.07) is 0.238. The van der Waals surface area contributed by atoms with Gasteiger partial charge in [0.05, 0.1) is 6.04 Å². The largest absolute Gasteiger partial charge is 0.389 e. The Balaban J connectivity index is 2.61. The van der Waals surface area contributed by atoms with Crippen molar-refractivity contribution < 1.29 is 9.13 Å². The Morgan fingerprint density at radius 1 is 1.42 bits per heavy atom. The van der Waals surface area contributed by atoms with Crippen molar-refractivity contribution in [3.63, 3.8) is 0 Å². The lowest BCUT2D eigenvalue weighted by molar-refractivity contribution is 0.105. The quantitative estimate of drug-likeness (QED) is 0.339. The minimum atomic E-state index is -0.891. The first-order valence-electron chi connectivity index (χ1n) is 11.6. The Morgan fingerprint density at radius 2 is 2.23 bits per heavy atom. The van der Waals surface area contributed by atoms with Crippen molar-refractivity contribution >= 4 is 18.0 Å². The molecule has 0 aromatic rings. The fraction of sp³-hybridized carbons (Fsp3) is 0.708. The van der Waals surface area contributed by atoms with Gasteiger partial charge in [-0.2, -0.15) is 0 Å². The van der Waals surface area contributed by atoms with Gasteiger partial charge in [-0.3, -0.25) is 9.89 Å². The van der Waals surface area contributed by atoms with Gasteiger partial charge in [0, 0.05) is 57.2 Å². The molecule has 1 heterocycles. The van der Waals surface area contributed by atoms with Gasteiger partial charge in [0.25, 0.3) is 0 Å². The number of rotatable bonds is 16. The molecular formula is C24H43FN4OS. The summed E-state index contributed by atoms with van der Waals surface area (Å²) >= 11 is 1.56. The van der Waals surface area contributed by atoms with Crippen LogP contribution in [0.15, 0.2) is 39.2 Å². The lowest BCUT2D eigenvalue weighted by atomic mass is 10.1. The highest BCUT2D eigenvalue weighted by molar-refractivity contribution is 8.06. The van der Waals surface area contributed by atoms with Crippen molar-refractivity contribution in [3.8, 4) is 0 Å². The number of aliphatic imine (C=N–C) groups is 1. The Bertz CT molecular complexity index is 594. The molecule has 31 heavy (non-hydrogen) atoms. The first kappa shape index (κ1) is 27.9. The average Bonchev–Trinajstić information content (AvgIpc) is 3.19. The highest BCUT2D eigenvalue weighted by atomic mass is 32.2. The number of hydrogen-bond acceptors (Lipinski definition) is 6. The van der Waals surface area contributed by atoms with Gasteiger partial charge < -0.3 is 15.4 Å². The number of nitrogens with zero attached hydrogens (tertiary/aromatic N) is 2. The van der Waals surface area contributed by atoms with Gasteiger partial charge >= 0.3 is 0 Å². The zero-order valence-corrected chi connectivity index (χ0v) is 20.9. The van der Waals surface area contributed by atoms with Gasteiger partial charge in [-0.1, -0.05) is 37.8 Å². The molecule has 0 aromatic carbocycles. The predicted molar refractivity (Wildman–Crippen MR) is 135 cm³/mol. The molecule has 3 unspecified atom stereocenters. The van der Waals surface area contributed by atoms with Crippen molar-refractivity contribution in [1.29, 1.82) is 0 Å². The van der Waals surface area contributed by atoms with Crippen LogP contribution in [0.3, 0.4) is 0 Å². The van der Waals surface area contributed by atoms with Gasteiger partial charge in [0.15, 0.2) is 0 Å². The van der Waals surface area contributed by atoms with Crippen LogP contribution in [0.5, 0.6) is 0 Å². The molecule has 1 aliphatic rings. The number of ether oxygens (including phenoxy) is 1. The van der Waals surface area contributed by atoms with Crippen LogP contribution in [0.1, 0.15) is 40.5 Å². The maximum atomic E-state index is 14.1.